The van der Waals surface area contributed by atoms with Crippen LogP contribution in [0.3, 0.4) is 0 Å². The monoisotopic (exact) mass is 335 g/mol. The van der Waals surface area contributed by atoms with Crippen molar-refractivity contribution in [3.63, 3.8) is 0 Å². The predicted octanol–water partition coefficient (Wildman–Crippen LogP) is 3.60. The minimum atomic E-state index is -0.280. The van der Waals surface area contributed by atoms with Gasteiger partial charge in [-0.25, -0.2) is 0 Å². The number of rotatable bonds is 6. The van der Waals surface area contributed by atoms with E-state index in [0.29, 0.717) is 5.82 Å². The molecule has 1 heterocycles. The molecule has 0 spiro atoms. The Morgan fingerprint density at radius 3 is 2.48 bits per heavy atom. The number of H-pyrrole nitrogens is 1. The Labute approximate surface area is 146 Å². The van der Waals surface area contributed by atoms with E-state index in [1.165, 1.54) is 5.56 Å². The third-order valence-corrected chi connectivity index (χ3v) is 4.04. The number of nitrogens with zero attached hydrogens (tertiary/aromatic N) is 2. The summed E-state index contributed by atoms with van der Waals surface area (Å²) >= 11 is 0. The Balaban J connectivity index is 1.70. The molecule has 3 rings (SSSR count). The van der Waals surface area contributed by atoms with Crippen LogP contribution < -0.4 is 10.6 Å². The summed E-state index contributed by atoms with van der Waals surface area (Å²) in [5.41, 5.74) is 3.38. The second kappa shape index (κ2) is 7.61. The van der Waals surface area contributed by atoms with Gasteiger partial charge >= 0.3 is 0 Å². The Kier molecular flexibility index (Phi) is 5.09. The molecule has 0 unspecified atom stereocenters. The molecule has 0 aliphatic carbocycles. The molecule has 0 aliphatic rings. The number of hydrogen-bond acceptors (Lipinski definition) is 4. The first-order valence-electron chi connectivity index (χ1n) is 8.30. The van der Waals surface area contributed by atoms with Gasteiger partial charge in [-0.05, 0) is 36.6 Å². The molecule has 3 N–H and O–H groups in total. The largest absolute Gasteiger partial charge is 0.344 e. The molecule has 0 saturated carbocycles. The molecule has 0 saturated heterocycles. The van der Waals surface area contributed by atoms with Gasteiger partial charge in [-0.15, -0.1) is 10.2 Å². The average molecular weight is 335 g/mol. The van der Waals surface area contributed by atoms with Crippen LogP contribution in [0.25, 0.3) is 0 Å². The first-order chi connectivity index (χ1) is 12.2. The summed E-state index contributed by atoms with van der Waals surface area (Å²) in [5.74, 6) is 0.125. The number of carbonyl (C=O) groups excluding carboxylic acids is 1. The van der Waals surface area contributed by atoms with Gasteiger partial charge in [-0.2, -0.15) is 5.21 Å². The van der Waals surface area contributed by atoms with Gasteiger partial charge in [0.05, 0.1) is 6.04 Å². The quantitative estimate of drug-likeness (QED) is 0.643. The summed E-state index contributed by atoms with van der Waals surface area (Å²) in [4.78, 5) is 12.5. The van der Waals surface area contributed by atoms with E-state index in [2.05, 4.69) is 33.0 Å². The van der Waals surface area contributed by atoms with Crippen molar-refractivity contribution < 1.29 is 4.79 Å². The number of nitrogens with one attached hydrogen (secondary N) is 3. The first kappa shape index (κ1) is 16.7. The summed E-state index contributed by atoms with van der Waals surface area (Å²) in [6.45, 7) is 4.04. The fourth-order valence-corrected chi connectivity index (χ4v) is 2.53. The number of aromatic amines is 1. The fraction of sp³-hybridized carbons (Fsp3) is 0.211. The third-order valence-electron chi connectivity index (χ3n) is 4.04. The van der Waals surface area contributed by atoms with E-state index in [1.54, 1.807) is 0 Å². The zero-order chi connectivity index (χ0) is 17.6. The highest BCUT2D eigenvalue weighted by Crippen LogP contribution is 2.19. The van der Waals surface area contributed by atoms with E-state index in [4.69, 9.17) is 0 Å². The average Bonchev–Trinajstić information content (AvgIpc) is 3.11. The number of benzene rings is 2. The lowest BCUT2D eigenvalue weighted by molar-refractivity contribution is 0.0935. The predicted molar refractivity (Wildman–Crippen MR) is 97.8 cm³/mol. The molecule has 0 radical (unpaired) electrons. The SMILES string of the molecule is CCc1ccc(Nc2n[nH]nc2C(=O)N[C@H](C)c2ccccc2)cc1. The number of hydrogen-bond donors (Lipinski definition) is 3. The lowest BCUT2D eigenvalue weighted by atomic mass is 10.1. The molecule has 3 aromatic rings. The second-order valence-corrected chi connectivity index (χ2v) is 5.80. The molecule has 0 bridgehead atoms. The van der Waals surface area contributed by atoms with Crippen LogP contribution in [0.1, 0.15) is 41.5 Å². The van der Waals surface area contributed by atoms with E-state index < -0.39 is 0 Å². The minimum absolute atomic E-state index is 0.123. The lowest BCUT2D eigenvalue weighted by Crippen LogP contribution is -2.27. The van der Waals surface area contributed by atoms with Crippen molar-refractivity contribution in [3.05, 3.63) is 71.4 Å². The highest BCUT2D eigenvalue weighted by Gasteiger charge is 2.19. The molecule has 6 heteroatoms. The van der Waals surface area contributed by atoms with Crippen LogP contribution in [0, 0.1) is 0 Å². The van der Waals surface area contributed by atoms with Crippen molar-refractivity contribution in [2.75, 3.05) is 5.32 Å². The molecular weight excluding hydrogens is 314 g/mol. The van der Waals surface area contributed by atoms with E-state index >= 15 is 0 Å². The van der Waals surface area contributed by atoms with Crippen LogP contribution in [0.2, 0.25) is 0 Å². The number of amides is 1. The molecule has 128 valence electrons. The topological polar surface area (TPSA) is 82.7 Å². The van der Waals surface area contributed by atoms with Crippen molar-refractivity contribution in [1.82, 2.24) is 20.7 Å². The van der Waals surface area contributed by atoms with Gasteiger partial charge in [-0.1, -0.05) is 49.4 Å². The minimum Gasteiger partial charge on any atom is -0.344 e. The van der Waals surface area contributed by atoms with E-state index in [-0.39, 0.29) is 17.6 Å². The van der Waals surface area contributed by atoms with Gasteiger partial charge in [-0.3, -0.25) is 4.79 Å². The number of aryl methyl sites for hydroxylation is 1. The summed E-state index contributed by atoms with van der Waals surface area (Å²) < 4.78 is 0. The summed E-state index contributed by atoms with van der Waals surface area (Å²) in [6.07, 6.45) is 0.981. The smallest absolute Gasteiger partial charge is 0.276 e. The van der Waals surface area contributed by atoms with E-state index in [9.17, 15) is 4.79 Å². The van der Waals surface area contributed by atoms with Crippen LogP contribution in [-0.4, -0.2) is 21.3 Å². The zero-order valence-corrected chi connectivity index (χ0v) is 14.3. The van der Waals surface area contributed by atoms with Crippen molar-refractivity contribution in [3.8, 4) is 0 Å². The summed E-state index contributed by atoms with van der Waals surface area (Å²) in [7, 11) is 0. The maximum atomic E-state index is 12.5. The maximum absolute atomic E-state index is 12.5. The molecule has 6 nitrogen and oxygen atoms in total. The number of anilines is 2. The van der Waals surface area contributed by atoms with Crippen LogP contribution in [0.4, 0.5) is 11.5 Å². The molecule has 0 fully saturated rings. The number of carbonyl (C=O) groups is 1. The van der Waals surface area contributed by atoms with Crippen LogP contribution in [0.5, 0.6) is 0 Å². The zero-order valence-electron chi connectivity index (χ0n) is 14.3. The maximum Gasteiger partial charge on any atom is 0.276 e. The summed E-state index contributed by atoms with van der Waals surface area (Å²) in [6, 6.07) is 17.7. The van der Waals surface area contributed by atoms with Crippen molar-refractivity contribution >= 4 is 17.4 Å². The first-order valence-corrected chi connectivity index (χ1v) is 8.30. The normalized spacial score (nSPS) is 11.8. The molecule has 2 aromatic carbocycles. The highest BCUT2D eigenvalue weighted by atomic mass is 16.2. The molecule has 1 aromatic heterocycles. The third kappa shape index (κ3) is 4.03. The lowest BCUT2D eigenvalue weighted by Gasteiger charge is -2.13. The Hall–Kier alpha value is -3.15. The van der Waals surface area contributed by atoms with Gasteiger partial charge in [0.15, 0.2) is 11.5 Å². The van der Waals surface area contributed by atoms with Gasteiger partial charge in [0.1, 0.15) is 0 Å². The van der Waals surface area contributed by atoms with Gasteiger partial charge < -0.3 is 10.6 Å². The Morgan fingerprint density at radius 2 is 1.80 bits per heavy atom. The second-order valence-electron chi connectivity index (χ2n) is 5.80. The molecule has 25 heavy (non-hydrogen) atoms. The van der Waals surface area contributed by atoms with Gasteiger partial charge in [0.25, 0.3) is 5.91 Å². The highest BCUT2D eigenvalue weighted by molar-refractivity contribution is 5.97. The van der Waals surface area contributed by atoms with Gasteiger partial charge in [0, 0.05) is 5.69 Å². The fourth-order valence-electron chi connectivity index (χ4n) is 2.53. The van der Waals surface area contributed by atoms with Crippen molar-refractivity contribution in [2.45, 2.75) is 26.3 Å². The molecule has 1 atom stereocenters. The van der Waals surface area contributed by atoms with Crippen LogP contribution in [0.15, 0.2) is 54.6 Å². The van der Waals surface area contributed by atoms with Gasteiger partial charge in [0.2, 0.25) is 0 Å². The van der Waals surface area contributed by atoms with E-state index in [0.717, 1.165) is 17.7 Å². The van der Waals surface area contributed by atoms with E-state index in [1.807, 2.05) is 61.5 Å². The van der Waals surface area contributed by atoms with Crippen molar-refractivity contribution in [1.29, 1.82) is 0 Å². The van der Waals surface area contributed by atoms with Crippen LogP contribution in [-0.2, 0) is 6.42 Å². The van der Waals surface area contributed by atoms with Crippen molar-refractivity contribution in [2.24, 2.45) is 0 Å². The molecule has 0 aliphatic heterocycles. The molecular formula is C19H21N5O. The summed E-state index contributed by atoms with van der Waals surface area (Å²) in [5, 5.41) is 16.6. The van der Waals surface area contributed by atoms with Crippen LogP contribution >= 0.6 is 0 Å². The standard InChI is InChI=1S/C19H21N5O/c1-3-14-9-11-16(12-10-14)21-18-17(22-24-23-18)19(25)20-13(2)15-7-5-4-6-8-15/h4-13H,3H2,1-2H3,(H,20,25)(H2,21,22,23,24)/t13-/m1/s1. The Bertz CT molecular complexity index is 827. The number of aromatic nitrogens is 3. The molecule has 1 amide bonds. The Morgan fingerprint density at radius 1 is 1.08 bits per heavy atom.